The van der Waals surface area contributed by atoms with Gasteiger partial charge in [0.1, 0.15) is 5.75 Å². The number of amides is 1. The second-order valence-electron chi connectivity index (χ2n) is 8.45. The van der Waals surface area contributed by atoms with Gasteiger partial charge in [-0.2, -0.15) is 5.10 Å². The molecule has 6 nitrogen and oxygen atoms in total. The first kappa shape index (κ1) is 18.5. The maximum absolute atomic E-state index is 12.4. The highest BCUT2D eigenvalue weighted by atomic mass is 16.5. The zero-order valence-electron chi connectivity index (χ0n) is 16.2. The Hall–Kier alpha value is -2.34. The van der Waals surface area contributed by atoms with Crippen molar-refractivity contribution in [3.63, 3.8) is 0 Å². The number of aromatic nitrogens is 2. The molecule has 2 aromatic rings. The van der Waals surface area contributed by atoms with Crippen LogP contribution in [0.4, 0.5) is 0 Å². The Morgan fingerprint density at radius 3 is 2.58 bits per heavy atom. The second-order valence-corrected chi connectivity index (χ2v) is 8.45. The maximum Gasteiger partial charge on any atom is 0.239 e. The standard InChI is InChI=1S/C20H28N4O2/c1-19(2)10-16(23-18(25)20(3,4)21)15-12-22-24(17(15)11-19)13-6-8-14(26-5)9-7-13/h6-9,12,16H,10-11,21H2,1-5H3,(H,23,25)/t16-/m1/s1. The molecule has 1 amide bonds. The van der Waals surface area contributed by atoms with Gasteiger partial charge in [-0.1, -0.05) is 13.8 Å². The summed E-state index contributed by atoms with van der Waals surface area (Å²) < 4.78 is 7.20. The highest BCUT2D eigenvalue weighted by Gasteiger charge is 2.37. The third-order valence-corrected chi connectivity index (χ3v) is 4.89. The molecule has 3 rings (SSSR count). The summed E-state index contributed by atoms with van der Waals surface area (Å²) in [5.41, 5.74) is 8.28. The maximum atomic E-state index is 12.4. The highest BCUT2D eigenvalue weighted by molar-refractivity contribution is 5.85. The number of nitrogens with two attached hydrogens (primary N) is 1. The van der Waals surface area contributed by atoms with Crippen molar-refractivity contribution in [1.29, 1.82) is 0 Å². The molecule has 26 heavy (non-hydrogen) atoms. The number of hydrogen-bond donors (Lipinski definition) is 2. The Morgan fingerprint density at radius 1 is 1.35 bits per heavy atom. The molecule has 6 heteroatoms. The Morgan fingerprint density at radius 2 is 2.00 bits per heavy atom. The number of carbonyl (C=O) groups excluding carboxylic acids is 1. The number of carbonyl (C=O) groups is 1. The third-order valence-electron chi connectivity index (χ3n) is 4.89. The molecule has 0 saturated heterocycles. The van der Waals surface area contributed by atoms with E-state index in [-0.39, 0.29) is 17.4 Å². The van der Waals surface area contributed by atoms with Crippen molar-refractivity contribution >= 4 is 5.91 Å². The molecule has 1 atom stereocenters. The first-order chi connectivity index (χ1) is 12.1. The van der Waals surface area contributed by atoms with Crippen molar-refractivity contribution in [2.24, 2.45) is 11.1 Å². The van der Waals surface area contributed by atoms with Crippen molar-refractivity contribution < 1.29 is 9.53 Å². The Balaban J connectivity index is 1.97. The molecular formula is C20H28N4O2. The molecule has 0 radical (unpaired) electrons. The summed E-state index contributed by atoms with van der Waals surface area (Å²) in [5.74, 6) is 0.661. The first-order valence-corrected chi connectivity index (χ1v) is 8.92. The van der Waals surface area contributed by atoms with Gasteiger partial charge in [-0.15, -0.1) is 0 Å². The fraction of sp³-hybridized carbons (Fsp3) is 0.500. The van der Waals surface area contributed by atoms with Crippen LogP contribution in [0.3, 0.4) is 0 Å². The van der Waals surface area contributed by atoms with Gasteiger partial charge in [0.05, 0.1) is 36.3 Å². The Labute approximate surface area is 154 Å². The molecule has 0 unspecified atom stereocenters. The van der Waals surface area contributed by atoms with Crippen LogP contribution in [-0.4, -0.2) is 28.3 Å². The van der Waals surface area contributed by atoms with Gasteiger partial charge in [0.25, 0.3) is 0 Å². The molecule has 0 fully saturated rings. The number of fused-ring (bicyclic) bond motifs is 1. The van der Waals surface area contributed by atoms with E-state index in [9.17, 15) is 4.79 Å². The van der Waals surface area contributed by atoms with Crippen LogP contribution in [0, 0.1) is 5.41 Å². The van der Waals surface area contributed by atoms with E-state index >= 15 is 0 Å². The summed E-state index contributed by atoms with van der Waals surface area (Å²) in [7, 11) is 1.65. The van der Waals surface area contributed by atoms with Gasteiger partial charge in [-0.25, -0.2) is 4.68 Å². The average Bonchev–Trinajstić information content (AvgIpc) is 2.96. The van der Waals surface area contributed by atoms with E-state index in [1.54, 1.807) is 21.0 Å². The minimum atomic E-state index is -0.909. The van der Waals surface area contributed by atoms with Crippen molar-refractivity contribution in [2.75, 3.05) is 7.11 Å². The summed E-state index contributed by atoms with van der Waals surface area (Å²) >= 11 is 0. The lowest BCUT2D eigenvalue weighted by atomic mass is 9.74. The van der Waals surface area contributed by atoms with E-state index < -0.39 is 5.54 Å². The van der Waals surface area contributed by atoms with Gasteiger partial charge in [-0.3, -0.25) is 4.79 Å². The Bertz CT molecular complexity index is 800. The molecule has 140 valence electrons. The van der Waals surface area contributed by atoms with Crippen LogP contribution in [0.5, 0.6) is 5.75 Å². The predicted molar refractivity (Wildman–Crippen MR) is 101 cm³/mol. The van der Waals surface area contributed by atoms with E-state index in [0.717, 1.165) is 35.5 Å². The molecule has 3 N–H and O–H groups in total. The van der Waals surface area contributed by atoms with Crippen LogP contribution in [0.2, 0.25) is 0 Å². The van der Waals surface area contributed by atoms with Gasteiger partial charge >= 0.3 is 0 Å². The van der Waals surface area contributed by atoms with Crippen LogP contribution >= 0.6 is 0 Å². The number of benzene rings is 1. The van der Waals surface area contributed by atoms with Crippen LogP contribution in [0.1, 0.15) is 51.4 Å². The predicted octanol–water partition coefficient (Wildman–Crippen LogP) is 2.75. The molecule has 1 aromatic heterocycles. The highest BCUT2D eigenvalue weighted by Crippen LogP contribution is 2.41. The molecule has 0 bridgehead atoms. The third kappa shape index (κ3) is 3.60. The number of nitrogens with one attached hydrogen (secondary N) is 1. The monoisotopic (exact) mass is 356 g/mol. The molecule has 1 aliphatic rings. The van der Waals surface area contributed by atoms with Crippen LogP contribution < -0.4 is 15.8 Å². The average molecular weight is 356 g/mol. The van der Waals surface area contributed by atoms with Crippen LogP contribution in [0.25, 0.3) is 5.69 Å². The summed E-state index contributed by atoms with van der Waals surface area (Å²) in [6, 6.07) is 7.74. The normalized spacial score (nSPS) is 18.9. The number of rotatable bonds is 4. The second kappa shape index (κ2) is 6.43. The van der Waals surface area contributed by atoms with E-state index in [2.05, 4.69) is 24.3 Å². The number of nitrogens with zero attached hydrogens (tertiary/aromatic N) is 2. The number of ether oxygens (including phenoxy) is 1. The van der Waals surface area contributed by atoms with Crippen LogP contribution in [-0.2, 0) is 11.2 Å². The van der Waals surface area contributed by atoms with E-state index in [4.69, 9.17) is 10.5 Å². The summed E-state index contributed by atoms with van der Waals surface area (Å²) in [6.45, 7) is 7.87. The van der Waals surface area contributed by atoms with Crippen molar-refractivity contribution in [1.82, 2.24) is 15.1 Å². The van der Waals surface area contributed by atoms with E-state index in [1.165, 1.54) is 0 Å². The van der Waals surface area contributed by atoms with E-state index in [0.29, 0.717) is 0 Å². The topological polar surface area (TPSA) is 82.2 Å². The lowest BCUT2D eigenvalue weighted by Crippen LogP contribution is -2.51. The van der Waals surface area contributed by atoms with Gasteiger partial charge in [-0.05, 0) is 56.4 Å². The molecule has 1 aliphatic carbocycles. The van der Waals surface area contributed by atoms with Gasteiger partial charge in [0.15, 0.2) is 0 Å². The van der Waals surface area contributed by atoms with Gasteiger partial charge < -0.3 is 15.8 Å². The summed E-state index contributed by atoms with van der Waals surface area (Å²) in [6.07, 6.45) is 3.62. The summed E-state index contributed by atoms with van der Waals surface area (Å²) in [5, 5.41) is 7.72. The van der Waals surface area contributed by atoms with Crippen LogP contribution in [0.15, 0.2) is 30.5 Å². The lowest BCUT2D eigenvalue weighted by Gasteiger charge is -2.37. The molecule has 1 aromatic carbocycles. The molecule has 1 heterocycles. The van der Waals surface area contributed by atoms with Gasteiger partial charge in [0.2, 0.25) is 5.91 Å². The fourth-order valence-corrected chi connectivity index (χ4v) is 3.46. The van der Waals surface area contributed by atoms with E-state index in [1.807, 2.05) is 35.1 Å². The fourth-order valence-electron chi connectivity index (χ4n) is 3.46. The molecule has 0 aliphatic heterocycles. The van der Waals surface area contributed by atoms with Crippen molar-refractivity contribution in [3.05, 3.63) is 41.7 Å². The number of hydrogen-bond acceptors (Lipinski definition) is 4. The molecule has 0 spiro atoms. The molecule has 0 saturated carbocycles. The lowest BCUT2D eigenvalue weighted by molar-refractivity contribution is -0.126. The minimum absolute atomic E-state index is 0.0495. The Kier molecular flexibility index (Phi) is 4.56. The molecular weight excluding hydrogens is 328 g/mol. The van der Waals surface area contributed by atoms with Gasteiger partial charge in [0, 0.05) is 5.56 Å². The smallest absolute Gasteiger partial charge is 0.239 e. The summed E-state index contributed by atoms with van der Waals surface area (Å²) in [4.78, 5) is 12.4. The zero-order chi connectivity index (χ0) is 19.1. The van der Waals surface area contributed by atoms with Crippen molar-refractivity contribution in [2.45, 2.75) is 52.1 Å². The minimum Gasteiger partial charge on any atom is -0.497 e. The number of methoxy groups -OCH3 is 1. The SMILES string of the molecule is COc1ccc(-n2ncc3c2CC(C)(C)C[C@H]3NC(=O)C(C)(C)N)cc1. The quantitative estimate of drug-likeness (QED) is 0.882. The largest absolute Gasteiger partial charge is 0.497 e. The van der Waals surface area contributed by atoms with Crippen molar-refractivity contribution in [3.8, 4) is 11.4 Å². The zero-order valence-corrected chi connectivity index (χ0v) is 16.2. The first-order valence-electron chi connectivity index (χ1n) is 8.92.